The van der Waals surface area contributed by atoms with Crippen LogP contribution in [0.3, 0.4) is 0 Å². The maximum absolute atomic E-state index is 11.1. The lowest BCUT2D eigenvalue weighted by Crippen LogP contribution is -2.24. The SMILES string of the molecule is C[C@@H](N)c1ccc(N(C)CCS(C)(=O)=O)cc1Br. The van der Waals surface area contributed by atoms with Crippen molar-refractivity contribution in [3.05, 3.63) is 28.2 Å². The average Bonchev–Trinajstić information content (AvgIpc) is 2.24. The number of sulfone groups is 1. The van der Waals surface area contributed by atoms with E-state index in [4.69, 9.17) is 5.73 Å². The van der Waals surface area contributed by atoms with Gasteiger partial charge in [0.05, 0.1) is 5.75 Å². The number of rotatable bonds is 5. The van der Waals surface area contributed by atoms with E-state index in [2.05, 4.69) is 15.9 Å². The summed E-state index contributed by atoms with van der Waals surface area (Å²) in [6.45, 7) is 2.40. The lowest BCUT2D eigenvalue weighted by molar-refractivity contribution is 0.601. The minimum absolute atomic E-state index is 0.0326. The molecule has 0 aromatic heterocycles. The van der Waals surface area contributed by atoms with Gasteiger partial charge < -0.3 is 10.6 Å². The Labute approximate surface area is 117 Å². The molecule has 0 aliphatic heterocycles. The first-order valence-electron chi connectivity index (χ1n) is 5.64. The summed E-state index contributed by atoms with van der Waals surface area (Å²) in [6, 6.07) is 5.84. The molecule has 0 unspecified atom stereocenters. The van der Waals surface area contributed by atoms with E-state index in [1.165, 1.54) is 6.26 Å². The fraction of sp³-hybridized carbons (Fsp3) is 0.500. The van der Waals surface area contributed by atoms with Gasteiger partial charge in [-0.3, -0.25) is 0 Å². The van der Waals surface area contributed by atoms with Crippen molar-refractivity contribution in [3.63, 3.8) is 0 Å². The summed E-state index contributed by atoms with van der Waals surface area (Å²) in [6.07, 6.45) is 1.25. The monoisotopic (exact) mass is 334 g/mol. The summed E-state index contributed by atoms with van der Waals surface area (Å²) in [7, 11) is -1.06. The van der Waals surface area contributed by atoms with Crippen LogP contribution >= 0.6 is 15.9 Å². The van der Waals surface area contributed by atoms with E-state index in [1.54, 1.807) is 0 Å². The fourth-order valence-electron chi connectivity index (χ4n) is 1.55. The van der Waals surface area contributed by atoms with Crippen LogP contribution in [0.15, 0.2) is 22.7 Å². The van der Waals surface area contributed by atoms with Crippen molar-refractivity contribution >= 4 is 31.5 Å². The first kappa shape index (κ1) is 15.5. The highest BCUT2D eigenvalue weighted by Crippen LogP contribution is 2.26. The Morgan fingerprint density at radius 1 is 1.44 bits per heavy atom. The van der Waals surface area contributed by atoms with E-state index in [-0.39, 0.29) is 11.8 Å². The number of anilines is 1. The smallest absolute Gasteiger partial charge is 0.149 e. The van der Waals surface area contributed by atoms with Crippen LogP contribution in [0.4, 0.5) is 5.69 Å². The third kappa shape index (κ3) is 4.59. The maximum atomic E-state index is 11.1. The fourth-order valence-corrected chi connectivity index (χ4v) is 2.89. The molecule has 2 N–H and O–H groups in total. The largest absolute Gasteiger partial charge is 0.374 e. The molecule has 6 heteroatoms. The third-order valence-corrected chi connectivity index (χ3v) is 4.32. The number of nitrogens with zero attached hydrogens (tertiary/aromatic N) is 1. The molecule has 0 aliphatic carbocycles. The van der Waals surface area contributed by atoms with Gasteiger partial charge in [0.2, 0.25) is 0 Å². The highest BCUT2D eigenvalue weighted by molar-refractivity contribution is 9.10. The number of halogens is 1. The molecule has 0 spiro atoms. The Morgan fingerprint density at radius 3 is 2.50 bits per heavy atom. The molecule has 0 amide bonds. The Balaban J connectivity index is 2.81. The van der Waals surface area contributed by atoms with Crippen LogP contribution in [-0.2, 0) is 9.84 Å². The molecule has 1 aromatic rings. The van der Waals surface area contributed by atoms with Crippen molar-refractivity contribution in [2.24, 2.45) is 5.73 Å². The van der Waals surface area contributed by atoms with Crippen LogP contribution in [0.1, 0.15) is 18.5 Å². The van der Waals surface area contributed by atoms with Crippen LogP contribution in [0, 0.1) is 0 Å². The van der Waals surface area contributed by atoms with Gasteiger partial charge in [-0.15, -0.1) is 0 Å². The van der Waals surface area contributed by atoms with Gasteiger partial charge in [0.25, 0.3) is 0 Å². The molecular weight excluding hydrogens is 316 g/mol. The van der Waals surface area contributed by atoms with E-state index >= 15 is 0 Å². The van der Waals surface area contributed by atoms with E-state index in [9.17, 15) is 8.42 Å². The van der Waals surface area contributed by atoms with E-state index in [0.29, 0.717) is 6.54 Å². The molecule has 0 aliphatic rings. The van der Waals surface area contributed by atoms with Gasteiger partial charge in [-0.05, 0) is 24.6 Å². The molecule has 0 saturated carbocycles. The second-order valence-electron chi connectivity index (χ2n) is 4.55. The van der Waals surface area contributed by atoms with Crippen LogP contribution in [-0.4, -0.2) is 34.0 Å². The number of benzene rings is 1. The van der Waals surface area contributed by atoms with Crippen molar-refractivity contribution < 1.29 is 8.42 Å². The van der Waals surface area contributed by atoms with Crippen LogP contribution < -0.4 is 10.6 Å². The van der Waals surface area contributed by atoms with E-state index in [1.807, 2.05) is 37.1 Å². The number of hydrogen-bond donors (Lipinski definition) is 1. The van der Waals surface area contributed by atoms with Gasteiger partial charge in [0.15, 0.2) is 0 Å². The minimum Gasteiger partial charge on any atom is -0.374 e. The Bertz CT molecular complexity index is 515. The summed E-state index contributed by atoms with van der Waals surface area (Å²) in [5.41, 5.74) is 7.84. The Morgan fingerprint density at radius 2 is 2.06 bits per heavy atom. The molecule has 0 bridgehead atoms. The molecule has 4 nitrogen and oxygen atoms in total. The molecule has 0 heterocycles. The number of nitrogens with two attached hydrogens (primary N) is 1. The van der Waals surface area contributed by atoms with Crippen molar-refractivity contribution in [2.75, 3.05) is 30.5 Å². The Kier molecular flexibility index (Phi) is 5.19. The predicted octanol–water partition coefficient (Wildman–Crippen LogP) is 1.95. The van der Waals surface area contributed by atoms with Crippen molar-refractivity contribution in [1.82, 2.24) is 0 Å². The normalized spacial score (nSPS) is 13.4. The summed E-state index contributed by atoms with van der Waals surface area (Å²) in [5.74, 6) is 0.149. The molecular formula is C12H19BrN2O2S. The highest BCUT2D eigenvalue weighted by Gasteiger charge is 2.10. The second-order valence-corrected chi connectivity index (χ2v) is 7.66. The molecule has 0 radical (unpaired) electrons. The lowest BCUT2D eigenvalue weighted by Gasteiger charge is -2.20. The first-order valence-corrected chi connectivity index (χ1v) is 8.50. The van der Waals surface area contributed by atoms with Crippen molar-refractivity contribution in [3.8, 4) is 0 Å². The summed E-state index contributed by atoms with van der Waals surface area (Å²) >= 11 is 3.48. The van der Waals surface area contributed by atoms with Gasteiger partial charge in [0, 0.05) is 36.1 Å². The van der Waals surface area contributed by atoms with Crippen LogP contribution in [0.5, 0.6) is 0 Å². The standard InChI is InChI=1S/C12H19BrN2O2S/c1-9(14)11-5-4-10(8-12(11)13)15(2)6-7-18(3,16)17/h4-5,8-9H,6-7,14H2,1-3H3/t9-/m1/s1. The molecule has 18 heavy (non-hydrogen) atoms. The topological polar surface area (TPSA) is 63.4 Å². The van der Waals surface area contributed by atoms with Crippen LogP contribution in [0.25, 0.3) is 0 Å². The highest BCUT2D eigenvalue weighted by atomic mass is 79.9. The third-order valence-electron chi connectivity index (χ3n) is 2.71. The molecule has 102 valence electrons. The van der Waals surface area contributed by atoms with E-state index in [0.717, 1.165) is 15.7 Å². The molecule has 0 saturated heterocycles. The summed E-state index contributed by atoms with van der Waals surface area (Å²) in [5, 5.41) is 0. The average molecular weight is 335 g/mol. The number of hydrogen-bond acceptors (Lipinski definition) is 4. The minimum atomic E-state index is -2.93. The van der Waals surface area contributed by atoms with Gasteiger partial charge in [-0.25, -0.2) is 8.42 Å². The lowest BCUT2D eigenvalue weighted by atomic mass is 10.1. The zero-order chi connectivity index (χ0) is 13.9. The van der Waals surface area contributed by atoms with Crippen molar-refractivity contribution in [1.29, 1.82) is 0 Å². The van der Waals surface area contributed by atoms with Gasteiger partial charge in [0.1, 0.15) is 9.84 Å². The Hall–Kier alpha value is -0.590. The van der Waals surface area contributed by atoms with E-state index < -0.39 is 9.84 Å². The zero-order valence-electron chi connectivity index (χ0n) is 10.9. The zero-order valence-corrected chi connectivity index (χ0v) is 13.3. The van der Waals surface area contributed by atoms with Gasteiger partial charge >= 0.3 is 0 Å². The predicted molar refractivity (Wildman–Crippen MR) is 79.7 cm³/mol. The van der Waals surface area contributed by atoms with Crippen LogP contribution in [0.2, 0.25) is 0 Å². The summed E-state index contributed by atoms with van der Waals surface area (Å²) in [4.78, 5) is 1.91. The molecule has 1 aromatic carbocycles. The van der Waals surface area contributed by atoms with Crippen molar-refractivity contribution in [2.45, 2.75) is 13.0 Å². The van der Waals surface area contributed by atoms with Gasteiger partial charge in [-0.1, -0.05) is 22.0 Å². The summed E-state index contributed by atoms with van der Waals surface area (Å²) < 4.78 is 23.2. The van der Waals surface area contributed by atoms with Gasteiger partial charge in [-0.2, -0.15) is 0 Å². The first-order chi connectivity index (χ1) is 8.20. The second kappa shape index (κ2) is 6.04. The molecule has 1 atom stereocenters. The molecule has 0 fully saturated rings. The molecule has 1 rings (SSSR count). The quantitative estimate of drug-likeness (QED) is 0.893. The maximum Gasteiger partial charge on any atom is 0.149 e.